The number of hydrogen-bond donors (Lipinski definition) is 1. The highest BCUT2D eigenvalue weighted by Gasteiger charge is 2.32. The van der Waals surface area contributed by atoms with Crippen LogP contribution in [0.15, 0.2) is 71.6 Å². The molecule has 0 aliphatic carbocycles. The van der Waals surface area contributed by atoms with Crippen LogP contribution >= 0.6 is 0 Å². The van der Waals surface area contributed by atoms with E-state index >= 15 is 0 Å². The number of aryl methyl sites for hydroxylation is 1. The summed E-state index contributed by atoms with van der Waals surface area (Å²) in [6.07, 6.45) is 0.241. The van der Waals surface area contributed by atoms with E-state index in [4.69, 9.17) is 14.2 Å². The second-order valence-corrected chi connectivity index (χ2v) is 11.5. The summed E-state index contributed by atoms with van der Waals surface area (Å²) in [5.41, 5.74) is 2.76. The second kappa shape index (κ2) is 11.6. The van der Waals surface area contributed by atoms with Gasteiger partial charge in [0.05, 0.1) is 7.11 Å². The molecule has 1 fully saturated rings. The zero-order valence-electron chi connectivity index (χ0n) is 22.1. The van der Waals surface area contributed by atoms with Crippen molar-refractivity contribution in [2.45, 2.75) is 30.8 Å². The molecular weight excluding hydrogens is 518 g/mol. The van der Waals surface area contributed by atoms with Crippen LogP contribution in [0.25, 0.3) is 0 Å². The van der Waals surface area contributed by atoms with E-state index in [1.807, 2.05) is 55.5 Å². The highest BCUT2D eigenvalue weighted by molar-refractivity contribution is 7.89. The van der Waals surface area contributed by atoms with Crippen molar-refractivity contribution in [2.24, 2.45) is 0 Å². The Hall–Kier alpha value is -3.60. The van der Waals surface area contributed by atoms with Gasteiger partial charge in [0.25, 0.3) is 0 Å². The lowest BCUT2D eigenvalue weighted by atomic mass is 10.1. The van der Waals surface area contributed by atoms with Crippen LogP contribution in [0.3, 0.4) is 0 Å². The molecule has 206 valence electrons. The Morgan fingerprint density at radius 2 is 1.69 bits per heavy atom. The molecule has 1 saturated heterocycles. The van der Waals surface area contributed by atoms with Crippen molar-refractivity contribution < 1.29 is 27.4 Å². The number of amides is 1. The number of nitrogens with one attached hydrogen (secondary N) is 1. The zero-order valence-corrected chi connectivity index (χ0v) is 22.9. The summed E-state index contributed by atoms with van der Waals surface area (Å²) < 4.78 is 45.9. The number of fused-ring (bicyclic) bond motifs is 1. The zero-order chi connectivity index (χ0) is 27.4. The van der Waals surface area contributed by atoms with E-state index in [0.29, 0.717) is 26.2 Å². The standard InChI is InChI=1S/C29H33N3O6S/c1-21-8-10-26(36-2)28(16-21)39(34,35)30-24(17-22-6-4-3-5-7-22)29(33)32-14-12-31(13-15-32)19-23-9-11-25-27(18-23)38-20-37-25/h3-11,16,18,24,30H,12-15,17,19-20H2,1-2H3/t24-/m0/s1. The molecule has 5 rings (SSSR count). The van der Waals surface area contributed by atoms with Gasteiger partial charge >= 0.3 is 0 Å². The summed E-state index contributed by atoms with van der Waals surface area (Å²) in [6.45, 7) is 5.14. The summed E-state index contributed by atoms with van der Waals surface area (Å²) >= 11 is 0. The quantitative estimate of drug-likeness (QED) is 0.437. The van der Waals surface area contributed by atoms with E-state index in [2.05, 4.69) is 9.62 Å². The first kappa shape index (κ1) is 27.0. The Kier molecular flexibility index (Phi) is 8.06. The molecule has 3 aromatic rings. The number of benzene rings is 3. The third kappa shape index (κ3) is 6.35. The lowest BCUT2D eigenvalue weighted by Gasteiger charge is -2.36. The lowest BCUT2D eigenvalue weighted by Crippen LogP contribution is -2.55. The monoisotopic (exact) mass is 551 g/mol. The van der Waals surface area contributed by atoms with Crippen molar-refractivity contribution in [3.8, 4) is 17.2 Å². The normalized spacial score (nSPS) is 16.2. The van der Waals surface area contributed by atoms with Crippen LogP contribution in [0, 0.1) is 6.92 Å². The first-order valence-corrected chi connectivity index (χ1v) is 14.4. The predicted molar refractivity (Wildman–Crippen MR) is 146 cm³/mol. The number of ether oxygens (including phenoxy) is 3. The van der Waals surface area contributed by atoms with Crippen LogP contribution in [0.1, 0.15) is 16.7 Å². The topological polar surface area (TPSA) is 97.4 Å². The number of hydrogen-bond acceptors (Lipinski definition) is 7. The van der Waals surface area contributed by atoms with E-state index in [1.54, 1.807) is 23.1 Å². The van der Waals surface area contributed by atoms with Gasteiger partial charge in [0, 0.05) is 32.7 Å². The third-order valence-corrected chi connectivity index (χ3v) is 8.51. The molecule has 0 spiro atoms. The van der Waals surface area contributed by atoms with Crippen LogP contribution in [0.5, 0.6) is 17.2 Å². The highest BCUT2D eigenvalue weighted by Crippen LogP contribution is 2.33. The van der Waals surface area contributed by atoms with Gasteiger partial charge in [-0.1, -0.05) is 42.5 Å². The molecule has 0 bridgehead atoms. The van der Waals surface area contributed by atoms with Crippen molar-refractivity contribution in [1.29, 1.82) is 0 Å². The number of carbonyl (C=O) groups is 1. The molecule has 2 aliphatic heterocycles. The van der Waals surface area contributed by atoms with Gasteiger partial charge in [-0.2, -0.15) is 4.72 Å². The minimum Gasteiger partial charge on any atom is -0.495 e. The van der Waals surface area contributed by atoms with Crippen LogP contribution < -0.4 is 18.9 Å². The average Bonchev–Trinajstić information content (AvgIpc) is 3.41. The Balaban J connectivity index is 1.29. The van der Waals surface area contributed by atoms with Crippen molar-refractivity contribution in [2.75, 3.05) is 40.1 Å². The van der Waals surface area contributed by atoms with E-state index in [0.717, 1.165) is 34.7 Å². The van der Waals surface area contributed by atoms with Gasteiger partial charge in [-0.25, -0.2) is 8.42 Å². The van der Waals surface area contributed by atoms with Crippen LogP contribution in [-0.4, -0.2) is 70.2 Å². The fourth-order valence-corrected chi connectivity index (χ4v) is 6.36. The number of methoxy groups -OCH3 is 1. The maximum atomic E-state index is 13.7. The molecule has 0 radical (unpaired) electrons. The minimum atomic E-state index is -4.04. The van der Waals surface area contributed by atoms with Gasteiger partial charge < -0.3 is 19.1 Å². The fraction of sp³-hybridized carbons (Fsp3) is 0.345. The van der Waals surface area contributed by atoms with Crippen LogP contribution in [0.2, 0.25) is 0 Å². The van der Waals surface area contributed by atoms with E-state index in [1.165, 1.54) is 7.11 Å². The number of carbonyl (C=O) groups excluding carboxylic acids is 1. The van der Waals surface area contributed by atoms with Gasteiger partial charge in [-0.15, -0.1) is 0 Å². The van der Waals surface area contributed by atoms with Gasteiger partial charge in [0.2, 0.25) is 22.7 Å². The smallest absolute Gasteiger partial charge is 0.244 e. The molecule has 39 heavy (non-hydrogen) atoms. The first-order chi connectivity index (χ1) is 18.8. The molecule has 0 unspecified atom stereocenters. The number of rotatable bonds is 9. The SMILES string of the molecule is COc1ccc(C)cc1S(=O)(=O)N[C@@H](Cc1ccccc1)C(=O)N1CCN(Cc2ccc3c(c2)OCO3)CC1. The summed E-state index contributed by atoms with van der Waals surface area (Å²) in [7, 11) is -2.61. The Morgan fingerprint density at radius 3 is 2.44 bits per heavy atom. The van der Waals surface area contributed by atoms with E-state index in [-0.39, 0.29) is 29.8 Å². The number of sulfonamides is 1. The molecule has 1 amide bonds. The van der Waals surface area contributed by atoms with E-state index < -0.39 is 16.1 Å². The van der Waals surface area contributed by atoms with Crippen LogP contribution in [-0.2, 0) is 27.8 Å². The van der Waals surface area contributed by atoms with Crippen molar-refractivity contribution >= 4 is 15.9 Å². The van der Waals surface area contributed by atoms with E-state index in [9.17, 15) is 13.2 Å². The Morgan fingerprint density at radius 1 is 0.949 bits per heavy atom. The summed E-state index contributed by atoms with van der Waals surface area (Å²) in [6, 6.07) is 19.4. The second-order valence-electron chi connectivity index (χ2n) is 9.81. The lowest BCUT2D eigenvalue weighted by molar-refractivity contribution is -0.134. The highest BCUT2D eigenvalue weighted by atomic mass is 32.2. The van der Waals surface area contributed by atoms with Crippen molar-refractivity contribution in [3.05, 3.63) is 83.4 Å². The largest absolute Gasteiger partial charge is 0.495 e. The minimum absolute atomic E-state index is 0.0180. The predicted octanol–water partition coefficient (Wildman–Crippen LogP) is 2.97. The maximum Gasteiger partial charge on any atom is 0.244 e. The number of piperazine rings is 1. The molecule has 0 aromatic heterocycles. The van der Waals surface area contributed by atoms with Crippen molar-refractivity contribution in [1.82, 2.24) is 14.5 Å². The van der Waals surface area contributed by atoms with Crippen molar-refractivity contribution in [3.63, 3.8) is 0 Å². The van der Waals surface area contributed by atoms with Gasteiger partial charge in [-0.3, -0.25) is 9.69 Å². The average molecular weight is 552 g/mol. The molecule has 10 heteroatoms. The third-order valence-electron chi connectivity index (χ3n) is 7.01. The maximum absolute atomic E-state index is 13.7. The molecule has 1 atom stereocenters. The molecular formula is C29H33N3O6S. The molecule has 9 nitrogen and oxygen atoms in total. The Labute approximate surface area is 229 Å². The van der Waals surface area contributed by atoms with Gasteiger partial charge in [0.15, 0.2) is 11.5 Å². The van der Waals surface area contributed by atoms with Gasteiger partial charge in [0.1, 0.15) is 16.7 Å². The summed E-state index contributed by atoms with van der Waals surface area (Å²) in [5.74, 6) is 1.50. The molecule has 2 heterocycles. The molecule has 3 aromatic carbocycles. The summed E-state index contributed by atoms with van der Waals surface area (Å²) in [5, 5.41) is 0. The molecule has 1 N–H and O–H groups in total. The van der Waals surface area contributed by atoms with Gasteiger partial charge in [-0.05, 0) is 54.3 Å². The van der Waals surface area contributed by atoms with Crippen LogP contribution in [0.4, 0.5) is 0 Å². The molecule has 0 saturated carbocycles. The fourth-order valence-electron chi connectivity index (χ4n) is 4.92. The molecule has 2 aliphatic rings. The Bertz CT molecular complexity index is 1420. The first-order valence-electron chi connectivity index (χ1n) is 12.9. The number of nitrogens with zero attached hydrogens (tertiary/aromatic N) is 2. The summed E-state index contributed by atoms with van der Waals surface area (Å²) in [4.78, 5) is 17.8.